The molecule has 0 amide bonds. The summed E-state index contributed by atoms with van der Waals surface area (Å²) < 4.78 is 43.5. The van der Waals surface area contributed by atoms with Crippen LogP contribution in [0.1, 0.15) is 58.0 Å². The quantitative estimate of drug-likeness (QED) is 0.658. The van der Waals surface area contributed by atoms with Crippen molar-refractivity contribution in [1.82, 2.24) is 0 Å². The number of furan rings is 1. The van der Waals surface area contributed by atoms with Gasteiger partial charge < -0.3 is 32.8 Å². The van der Waals surface area contributed by atoms with Crippen LogP contribution in [-0.2, 0) is 34.8 Å². The Morgan fingerprint density at radius 2 is 1.64 bits per heavy atom. The van der Waals surface area contributed by atoms with Gasteiger partial charge in [0.1, 0.15) is 35.9 Å². The Hall–Kier alpha value is -1.74. The molecule has 4 heterocycles. The fourth-order valence-corrected chi connectivity index (χ4v) is 5.47. The highest BCUT2D eigenvalue weighted by Crippen LogP contribution is 2.45. The van der Waals surface area contributed by atoms with Gasteiger partial charge in [-0.05, 0) is 46.6 Å². The molecule has 0 unspecified atom stereocenters. The Kier molecular flexibility index (Phi) is 5.21. The fourth-order valence-electron chi connectivity index (χ4n) is 5.47. The van der Waals surface area contributed by atoms with Crippen molar-refractivity contribution >= 4 is 0 Å². The molecule has 0 saturated carbocycles. The number of hydrogen-bond donors (Lipinski definition) is 0. The molecule has 33 heavy (non-hydrogen) atoms. The van der Waals surface area contributed by atoms with E-state index in [9.17, 15) is 0 Å². The Bertz CT molecular complexity index is 997. The SMILES string of the molecule is CC1(C)O[C@H]2[C@@H](O1)[C@@H](CO[C@@H]1CCCc3oc(-c4ccccc4)cc31)O[C@@H]1OC(C)(C)O[C@@H]12. The number of fused-ring (bicyclic) bond motifs is 4. The van der Waals surface area contributed by atoms with Crippen LogP contribution in [0.2, 0.25) is 0 Å². The first kappa shape index (κ1) is 21.8. The van der Waals surface area contributed by atoms with Gasteiger partial charge in [-0.3, -0.25) is 0 Å². The van der Waals surface area contributed by atoms with Crippen LogP contribution in [-0.4, -0.2) is 48.9 Å². The van der Waals surface area contributed by atoms with Gasteiger partial charge in [-0.15, -0.1) is 0 Å². The maximum absolute atomic E-state index is 6.46. The predicted molar refractivity (Wildman–Crippen MR) is 118 cm³/mol. The van der Waals surface area contributed by atoms with Crippen LogP contribution in [0, 0.1) is 0 Å². The molecule has 0 bridgehead atoms. The van der Waals surface area contributed by atoms with Crippen LogP contribution in [0.4, 0.5) is 0 Å². The number of hydrogen-bond acceptors (Lipinski definition) is 7. The summed E-state index contributed by atoms with van der Waals surface area (Å²) in [5.74, 6) is 0.466. The molecule has 1 aliphatic carbocycles. The maximum atomic E-state index is 6.46. The lowest BCUT2D eigenvalue weighted by Crippen LogP contribution is -2.56. The lowest BCUT2D eigenvalue weighted by Gasteiger charge is -2.37. The smallest absolute Gasteiger partial charge is 0.190 e. The summed E-state index contributed by atoms with van der Waals surface area (Å²) in [6.07, 6.45) is 1.16. The molecule has 1 aromatic carbocycles. The molecule has 2 aromatic rings. The van der Waals surface area contributed by atoms with Crippen molar-refractivity contribution in [2.75, 3.05) is 6.61 Å². The van der Waals surface area contributed by atoms with Crippen molar-refractivity contribution in [1.29, 1.82) is 0 Å². The molecule has 0 radical (unpaired) electrons. The molecule has 0 spiro atoms. The van der Waals surface area contributed by atoms with Crippen molar-refractivity contribution in [3.8, 4) is 11.3 Å². The molecule has 3 aliphatic heterocycles. The third-order valence-corrected chi connectivity index (χ3v) is 6.83. The number of ether oxygens (including phenoxy) is 6. The molecule has 7 heteroatoms. The molecule has 6 atom stereocenters. The molecule has 3 saturated heterocycles. The highest BCUT2D eigenvalue weighted by molar-refractivity contribution is 5.59. The zero-order chi connectivity index (χ0) is 22.8. The topological polar surface area (TPSA) is 68.5 Å². The van der Waals surface area contributed by atoms with E-state index in [4.69, 9.17) is 32.8 Å². The van der Waals surface area contributed by atoms with E-state index in [-0.39, 0.29) is 30.5 Å². The van der Waals surface area contributed by atoms with E-state index in [0.717, 1.165) is 41.9 Å². The largest absolute Gasteiger partial charge is 0.461 e. The van der Waals surface area contributed by atoms with Crippen LogP contribution in [0.3, 0.4) is 0 Å². The third-order valence-electron chi connectivity index (χ3n) is 6.83. The van der Waals surface area contributed by atoms with E-state index in [0.29, 0.717) is 6.61 Å². The van der Waals surface area contributed by atoms with Gasteiger partial charge in [-0.2, -0.15) is 0 Å². The first-order chi connectivity index (χ1) is 15.8. The molecular formula is C26H32O7. The van der Waals surface area contributed by atoms with Gasteiger partial charge in [0.05, 0.1) is 12.7 Å². The van der Waals surface area contributed by atoms with E-state index in [1.165, 1.54) is 0 Å². The molecular weight excluding hydrogens is 424 g/mol. The van der Waals surface area contributed by atoms with Gasteiger partial charge in [-0.1, -0.05) is 30.3 Å². The van der Waals surface area contributed by atoms with Gasteiger partial charge in [0.25, 0.3) is 0 Å². The van der Waals surface area contributed by atoms with E-state index >= 15 is 0 Å². The normalized spacial score (nSPS) is 36.2. The van der Waals surface area contributed by atoms with Crippen LogP contribution >= 0.6 is 0 Å². The van der Waals surface area contributed by atoms with Gasteiger partial charge in [0.2, 0.25) is 0 Å². The van der Waals surface area contributed by atoms with Crippen LogP contribution in [0.15, 0.2) is 40.8 Å². The summed E-state index contributed by atoms with van der Waals surface area (Å²) in [6.45, 7) is 8.00. The highest BCUT2D eigenvalue weighted by atomic mass is 16.9. The predicted octanol–water partition coefficient (Wildman–Crippen LogP) is 4.74. The molecule has 3 fully saturated rings. The van der Waals surface area contributed by atoms with Crippen LogP contribution in [0.25, 0.3) is 11.3 Å². The molecule has 0 N–H and O–H groups in total. The summed E-state index contributed by atoms with van der Waals surface area (Å²) in [5.41, 5.74) is 2.21. The fraction of sp³-hybridized carbons (Fsp3) is 0.615. The van der Waals surface area contributed by atoms with Crippen molar-refractivity contribution in [2.24, 2.45) is 0 Å². The van der Waals surface area contributed by atoms with E-state index in [1.54, 1.807) is 0 Å². The van der Waals surface area contributed by atoms with Crippen molar-refractivity contribution in [3.05, 3.63) is 47.7 Å². The molecule has 7 nitrogen and oxygen atoms in total. The zero-order valence-corrected chi connectivity index (χ0v) is 19.6. The summed E-state index contributed by atoms with van der Waals surface area (Å²) in [4.78, 5) is 0. The number of rotatable bonds is 4. The lowest BCUT2D eigenvalue weighted by molar-refractivity contribution is -0.246. The average molecular weight is 457 g/mol. The lowest BCUT2D eigenvalue weighted by atomic mass is 9.94. The molecule has 6 rings (SSSR count). The number of benzene rings is 1. The van der Waals surface area contributed by atoms with Crippen molar-refractivity contribution in [3.63, 3.8) is 0 Å². The average Bonchev–Trinajstić information content (AvgIpc) is 3.44. The van der Waals surface area contributed by atoms with Gasteiger partial charge in [0.15, 0.2) is 17.9 Å². The van der Waals surface area contributed by atoms with Gasteiger partial charge in [-0.25, -0.2) is 0 Å². The number of aryl methyl sites for hydroxylation is 1. The highest BCUT2D eigenvalue weighted by Gasteiger charge is 2.60. The second-order valence-electron chi connectivity index (χ2n) is 10.3. The first-order valence-corrected chi connectivity index (χ1v) is 11.9. The molecule has 1 aromatic heterocycles. The van der Waals surface area contributed by atoms with E-state index in [1.807, 2.05) is 45.9 Å². The Labute approximate surface area is 194 Å². The Morgan fingerprint density at radius 3 is 2.45 bits per heavy atom. The summed E-state index contributed by atoms with van der Waals surface area (Å²) in [6, 6.07) is 12.3. The second-order valence-corrected chi connectivity index (χ2v) is 10.3. The monoisotopic (exact) mass is 456 g/mol. The maximum Gasteiger partial charge on any atom is 0.190 e. The van der Waals surface area contributed by atoms with Crippen molar-refractivity contribution < 1.29 is 32.8 Å². The van der Waals surface area contributed by atoms with E-state index in [2.05, 4.69) is 18.2 Å². The zero-order valence-electron chi connectivity index (χ0n) is 19.6. The Balaban J connectivity index is 1.20. The minimum atomic E-state index is -0.728. The molecule has 178 valence electrons. The second kappa shape index (κ2) is 7.90. The minimum Gasteiger partial charge on any atom is -0.461 e. The van der Waals surface area contributed by atoms with Crippen LogP contribution < -0.4 is 0 Å². The van der Waals surface area contributed by atoms with Crippen molar-refractivity contribution in [2.45, 2.75) is 95.3 Å². The first-order valence-electron chi connectivity index (χ1n) is 11.9. The summed E-state index contributed by atoms with van der Waals surface area (Å²) in [7, 11) is 0. The van der Waals surface area contributed by atoms with E-state index < -0.39 is 17.9 Å². The Morgan fingerprint density at radius 1 is 0.909 bits per heavy atom. The van der Waals surface area contributed by atoms with Crippen LogP contribution in [0.5, 0.6) is 0 Å². The molecule has 4 aliphatic rings. The van der Waals surface area contributed by atoms with Gasteiger partial charge in [0, 0.05) is 17.5 Å². The standard InChI is InChI=1S/C26H32O7/c1-25(2)30-21-20(29-24-23(22(21)31-25)32-26(3,4)33-24)14-27-17-11-8-12-18-16(17)13-19(28-18)15-9-6-5-7-10-15/h5-7,9-10,13,17,20-24H,8,11-12,14H2,1-4H3/t17-,20-,21+,22+,23-,24-/m1/s1. The summed E-state index contributed by atoms with van der Waals surface area (Å²) in [5, 5.41) is 0. The summed E-state index contributed by atoms with van der Waals surface area (Å²) >= 11 is 0. The minimum absolute atomic E-state index is 0.0396. The third kappa shape index (κ3) is 4.05. The van der Waals surface area contributed by atoms with Gasteiger partial charge >= 0.3 is 0 Å².